The van der Waals surface area contributed by atoms with Gasteiger partial charge in [0.1, 0.15) is 12.4 Å². The number of aromatic nitrogens is 2. The fourth-order valence-electron chi connectivity index (χ4n) is 3.49. The van der Waals surface area contributed by atoms with E-state index in [2.05, 4.69) is 36.3 Å². The van der Waals surface area contributed by atoms with Gasteiger partial charge in [0, 0.05) is 41.4 Å². The standard InChI is InChI=1S/C25H28ClN3O3/c1-16(2)19-6-4-18(5-7-19)14-27-23(31)15-29-24(20-8-10-21(26)11-9-20)28-17(3)22(12-13-30)25(29)32/h4-11,16,30H,12-15H2,1-3H3,(H,27,31). The maximum Gasteiger partial charge on any atom is 0.257 e. The zero-order chi connectivity index (χ0) is 23.3. The van der Waals surface area contributed by atoms with Crippen LogP contribution in [-0.2, 0) is 24.3 Å². The normalized spacial score (nSPS) is 11.1. The SMILES string of the molecule is Cc1nc(-c2ccc(Cl)cc2)n(CC(=O)NCc2ccc(C(C)C)cc2)c(=O)c1CCO. The van der Waals surface area contributed by atoms with Crippen molar-refractivity contribution in [3.63, 3.8) is 0 Å². The number of nitrogens with zero attached hydrogens (tertiary/aromatic N) is 2. The third kappa shape index (κ3) is 5.64. The number of aliphatic hydroxyl groups is 1. The first-order valence-corrected chi connectivity index (χ1v) is 11.0. The number of nitrogens with one attached hydrogen (secondary N) is 1. The second kappa shape index (κ2) is 10.6. The molecule has 0 atom stereocenters. The van der Waals surface area contributed by atoms with Crippen molar-refractivity contribution in [3.8, 4) is 11.4 Å². The maximum atomic E-state index is 13.2. The van der Waals surface area contributed by atoms with Gasteiger partial charge in [0.2, 0.25) is 5.91 Å². The Morgan fingerprint density at radius 2 is 1.78 bits per heavy atom. The average Bonchev–Trinajstić information content (AvgIpc) is 2.78. The number of rotatable bonds is 8. The van der Waals surface area contributed by atoms with Crippen LogP contribution in [0, 0.1) is 6.92 Å². The number of aliphatic hydroxyl groups excluding tert-OH is 1. The highest BCUT2D eigenvalue weighted by Gasteiger charge is 2.17. The zero-order valence-corrected chi connectivity index (χ0v) is 19.3. The van der Waals surface area contributed by atoms with Gasteiger partial charge in [-0.2, -0.15) is 0 Å². The summed E-state index contributed by atoms with van der Waals surface area (Å²) in [6.07, 6.45) is 0.183. The summed E-state index contributed by atoms with van der Waals surface area (Å²) in [4.78, 5) is 30.5. The van der Waals surface area contributed by atoms with Crippen LogP contribution in [-0.4, -0.2) is 27.2 Å². The van der Waals surface area contributed by atoms with Crippen LogP contribution in [0.3, 0.4) is 0 Å². The number of hydrogen-bond donors (Lipinski definition) is 2. The minimum Gasteiger partial charge on any atom is -0.396 e. The van der Waals surface area contributed by atoms with Crippen LogP contribution in [0.25, 0.3) is 11.4 Å². The fourth-order valence-corrected chi connectivity index (χ4v) is 3.61. The van der Waals surface area contributed by atoms with Gasteiger partial charge >= 0.3 is 0 Å². The van der Waals surface area contributed by atoms with Crippen LogP contribution >= 0.6 is 11.6 Å². The number of amides is 1. The van der Waals surface area contributed by atoms with Crippen LogP contribution in [0.15, 0.2) is 53.3 Å². The second-order valence-corrected chi connectivity index (χ2v) is 8.48. The van der Waals surface area contributed by atoms with Gasteiger partial charge in [0.05, 0.1) is 0 Å². The highest BCUT2D eigenvalue weighted by molar-refractivity contribution is 6.30. The van der Waals surface area contributed by atoms with Crippen molar-refractivity contribution in [2.45, 2.75) is 46.2 Å². The van der Waals surface area contributed by atoms with Crippen LogP contribution in [0.2, 0.25) is 5.02 Å². The molecule has 0 spiro atoms. The lowest BCUT2D eigenvalue weighted by Crippen LogP contribution is -2.35. The third-order valence-electron chi connectivity index (χ3n) is 5.37. The molecule has 0 saturated carbocycles. The fraction of sp³-hybridized carbons (Fsp3) is 0.320. The van der Waals surface area contributed by atoms with Crippen molar-refractivity contribution in [1.82, 2.24) is 14.9 Å². The lowest BCUT2D eigenvalue weighted by molar-refractivity contribution is -0.121. The Balaban J connectivity index is 1.86. The molecule has 0 fully saturated rings. The summed E-state index contributed by atoms with van der Waals surface area (Å²) in [5.74, 6) is 0.539. The summed E-state index contributed by atoms with van der Waals surface area (Å²) in [6, 6.07) is 15.1. The highest BCUT2D eigenvalue weighted by Crippen LogP contribution is 2.20. The van der Waals surface area contributed by atoms with E-state index >= 15 is 0 Å². The molecule has 0 unspecified atom stereocenters. The molecule has 2 N–H and O–H groups in total. The lowest BCUT2D eigenvalue weighted by Gasteiger charge is -2.16. The molecule has 32 heavy (non-hydrogen) atoms. The molecule has 0 aliphatic rings. The minimum absolute atomic E-state index is 0.170. The Labute approximate surface area is 192 Å². The summed E-state index contributed by atoms with van der Waals surface area (Å²) in [7, 11) is 0. The smallest absolute Gasteiger partial charge is 0.257 e. The molecule has 6 nitrogen and oxygen atoms in total. The molecular formula is C25H28ClN3O3. The number of hydrogen-bond acceptors (Lipinski definition) is 4. The van der Waals surface area contributed by atoms with Crippen molar-refractivity contribution in [1.29, 1.82) is 0 Å². The van der Waals surface area contributed by atoms with E-state index in [-0.39, 0.29) is 31.0 Å². The summed E-state index contributed by atoms with van der Waals surface area (Å²) in [5.41, 5.74) is 3.52. The summed E-state index contributed by atoms with van der Waals surface area (Å²) in [5, 5.41) is 12.8. The molecule has 0 saturated heterocycles. The molecule has 0 aliphatic heterocycles. The first-order valence-electron chi connectivity index (χ1n) is 10.6. The van der Waals surface area contributed by atoms with Crippen LogP contribution < -0.4 is 10.9 Å². The second-order valence-electron chi connectivity index (χ2n) is 8.04. The maximum absolute atomic E-state index is 13.2. The van der Waals surface area contributed by atoms with Crippen LogP contribution in [0.1, 0.15) is 42.1 Å². The van der Waals surface area contributed by atoms with Crippen molar-refractivity contribution in [3.05, 3.63) is 86.3 Å². The Morgan fingerprint density at radius 3 is 2.38 bits per heavy atom. The molecule has 0 aliphatic carbocycles. The molecule has 0 bridgehead atoms. The molecule has 3 rings (SSSR count). The Morgan fingerprint density at radius 1 is 1.12 bits per heavy atom. The van der Waals surface area contributed by atoms with Crippen LogP contribution in [0.4, 0.5) is 0 Å². The average molecular weight is 454 g/mol. The van der Waals surface area contributed by atoms with E-state index in [0.717, 1.165) is 5.56 Å². The third-order valence-corrected chi connectivity index (χ3v) is 5.62. The van der Waals surface area contributed by atoms with Gasteiger partial charge < -0.3 is 10.4 Å². The molecule has 3 aromatic rings. The molecule has 1 heterocycles. The summed E-state index contributed by atoms with van der Waals surface area (Å²) in [6.45, 7) is 6.02. The molecule has 1 amide bonds. The van der Waals surface area contributed by atoms with E-state index in [1.165, 1.54) is 10.1 Å². The van der Waals surface area contributed by atoms with E-state index in [0.29, 0.717) is 40.1 Å². The van der Waals surface area contributed by atoms with E-state index in [9.17, 15) is 14.7 Å². The van der Waals surface area contributed by atoms with Gasteiger partial charge in [-0.1, -0.05) is 49.7 Å². The van der Waals surface area contributed by atoms with Gasteiger partial charge in [-0.3, -0.25) is 14.2 Å². The van der Waals surface area contributed by atoms with Crippen molar-refractivity contribution in [2.75, 3.05) is 6.61 Å². The van der Waals surface area contributed by atoms with Gasteiger partial charge in [0.15, 0.2) is 0 Å². The molecule has 168 valence electrons. The molecule has 1 aromatic heterocycles. The van der Waals surface area contributed by atoms with Crippen LogP contribution in [0.5, 0.6) is 0 Å². The molecule has 0 radical (unpaired) electrons. The minimum atomic E-state index is -0.326. The molecular weight excluding hydrogens is 426 g/mol. The molecule has 2 aromatic carbocycles. The zero-order valence-electron chi connectivity index (χ0n) is 18.6. The Bertz CT molecular complexity index is 1140. The number of halogens is 1. The summed E-state index contributed by atoms with van der Waals surface area (Å²) < 4.78 is 1.36. The van der Waals surface area contributed by atoms with Crippen molar-refractivity contribution < 1.29 is 9.90 Å². The topological polar surface area (TPSA) is 84.2 Å². The van der Waals surface area contributed by atoms with Gasteiger partial charge in [-0.25, -0.2) is 4.98 Å². The molecule has 7 heteroatoms. The highest BCUT2D eigenvalue weighted by atomic mass is 35.5. The van der Waals surface area contributed by atoms with Crippen molar-refractivity contribution >= 4 is 17.5 Å². The largest absolute Gasteiger partial charge is 0.396 e. The van der Waals surface area contributed by atoms with Gasteiger partial charge in [0.25, 0.3) is 5.56 Å². The predicted octanol–water partition coefficient (Wildman–Crippen LogP) is 3.85. The number of benzene rings is 2. The summed E-state index contributed by atoms with van der Waals surface area (Å²) >= 11 is 6.00. The first-order chi connectivity index (χ1) is 15.3. The lowest BCUT2D eigenvalue weighted by atomic mass is 10.0. The Hall–Kier alpha value is -2.96. The Kier molecular flexibility index (Phi) is 7.83. The number of carbonyl (C=O) groups excluding carboxylic acids is 1. The van der Waals surface area contributed by atoms with Gasteiger partial charge in [-0.05, 0) is 48.2 Å². The van der Waals surface area contributed by atoms with E-state index in [1.54, 1.807) is 31.2 Å². The van der Waals surface area contributed by atoms with E-state index < -0.39 is 0 Å². The number of aryl methyl sites for hydroxylation is 1. The van der Waals surface area contributed by atoms with Crippen molar-refractivity contribution in [2.24, 2.45) is 0 Å². The first kappa shape index (κ1) is 23.7. The predicted molar refractivity (Wildman–Crippen MR) is 127 cm³/mol. The van der Waals surface area contributed by atoms with Gasteiger partial charge in [-0.15, -0.1) is 0 Å². The number of carbonyl (C=O) groups is 1. The quantitative estimate of drug-likeness (QED) is 0.542. The monoisotopic (exact) mass is 453 g/mol. The van der Waals surface area contributed by atoms with E-state index in [4.69, 9.17) is 11.6 Å². The van der Waals surface area contributed by atoms with E-state index in [1.807, 2.05) is 12.1 Å².